The fourth-order valence-electron chi connectivity index (χ4n) is 3.86. The van der Waals surface area contributed by atoms with Crippen LogP contribution < -0.4 is 4.73 Å². The number of cyclic esters (lactones) is 1. The van der Waals surface area contributed by atoms with Gasteiger partial charge in [-0.05, 0) is 38.8 Å². The molecule has 0 N–H and O–H groups in total. The summed E-state index contributed by atoms with van der Waals surface area (Å²) in [6.07, 6.45) is -0.574. The van der Waals surface area contributed by atoms with E-state index < -0.39 is 35.5 Å². The summed E-state index contributed by atoms with van der Waals surface area (Å²) in [6.45, 7) is 6.95. The molecule has 2 heterocycles. The first-order valence-corrected chi connectivity index (χ1v) is 11.0. The summed E-state index contributed by atoms with van der Waals surface area (Å²) in [5, 5.41) is 12.5. The van der Waals surface area contributed by atoms with Crippen molar-refractivity contribution >= 4 is 18.0 Å². The summed E-state index contributed by atoms with van der Waals surface area (Å²) >= 11 is 0. The Kier molecular flexibility index (Phi) is 7.36. The molecular formula is C25H30N2O6. The van der Waals surface area contributed by atoms with Crippen molar-refractivity contribution in [2.75, 3.05) is 6.61 Å². The van der Waals surface area contributed by atoms with Crippen LogP contribution in [0.2, 0.25) is 0 Å². The topological polar surface area (TPSA) is 99.9 Å². The lowest BCUT2D eigenvalue weighted by Crippen LogP contribution is -2.46. The van der Waals surface area contributed by atoms with E-state index in [0.717, 1.165) is 15.2 Å². The molecule has 8 nitrogen and oxygen atoms in total. The predicted molar refractivity (Wildman–Crippen MR) is 120 cm³/mol. The van der Waals surface area contributed by atoms with Crippen LogP contribution in [-0.4, -0.2) is 41.1 Å². The van der Waals surface area contributed by atoms with Crippen LogP contribution in [0.15, 0.2) is 48.5 Å². The Morgan fingerprint density at radius 1 is 1.18 bits per heavy atom. The van der Waals surface area contributed by atoms with Gasteiger partial charge in [-0.2, -0.15) is 4.73 Å². The molecule has 2 amide bonds. The molecule has 8 heteroatoms. The normalized spacial score (nSPS) is 16.9. The molecule has 0 aliphatic carbocycles. The van der Waals surface area contributed by atoms with Gasteiger partial charge in [0.05, 0.1) is 18.4 Å². The largest absolute Gasteiger partial charge is 0.618 e. The van der Waals surface area contributed by atoms with E-state index in [2.05, 4.69) is 0 Å². The molecular weight excluding hydrogens is 424 g/mol. The van der Waals surface area contributed by atoms with Crippen LogP contribution in [-0.2, 0) is 31.9 Å². The summed E-state index contributed by atoms with van der Waals surface area (Å²) in [4.78, 5) is 39.8. The fourth-order valence-corrected chi connectivity index (χ4v) is 3.86. The number of carbonyl (C=O) groups excluding carboxylic acids is 3. The molecule has 2 aromatic rings. The molecule has 0 bridgehead atoms. The first-order chi connectivity index (χ1) is 15.5. The number of imide groups is 1. The fraction of sp³-hybridized carbons (Fsp3) is 0.440. The van der Waals surface area contributed by atoms with Gasteiger partial charge in [0, 0.05) is 25.5 Å². The lowest BCUT2D eigenvalue weighted by atomic mass is 9.95. The van der Waals surface area contributed by atoms with Gasteiger partial charge in [-0.1, -0.05) is 30.3 Å². The Balaban J connectivity index is 1.86. The second-order valence-corrected chi connectivity index (χ2v) is 9.27. The minimum atomic E-state index is -0.953. The van der Waals surface area contributed by atoms with Gasteiger partial charge in [0.2, 0.25) is 5.91 Å². The zero-order chi connectivity index (χ0) is 24.2. The number of amides is 2. The summed E-state index contributed by atoms with van der Waals surface area (Å²) in [6, 6.07) is 14.0. The third-order valence-electron chi connectivity index (χ3n) is 5.36. The van der Waals surface area contributed by atoms with Crippen molar-refractivity contribution in [2.45, 2.75) is 58.6 Å². The monoisotopic (exact) mass is 454 g/mol. The zero-order valence-corrected chi connectivity index (χ0v) is 19.4. The van der Waals surface area contributed by atoms with Crippen molar-refractivity contribution in [3.63, 3.8) is 0 Å². The number of hydrogen-bond donors (Lipinski definition) is 0. The Labute approximate surface area is 193 Å². The van der Waals surface area contributed by atoms with E-state index in [1.807, 2.05) is 30.3 Å². The Morgan fingerprint density at radius 3 is 2.55 bits per heavy atom. The lowest BCUT2D eigenvalue weighted by molar-refractivity contribution is -0.621. The zero-order valence-electron chi connectivity index (χ0n) is 19.4. The SMILES string of the molecule is Cc1cccc(C[C@H](CC(=O)OC(C)(C)C)C(=O)N2C(=O)OC[C@H]2Cc2ccccc2)[n+]1[O-]. The van der Waals surface area contributed by atoms with E-state index in [1.54, 1.807) is 45.9 Å². The molecule has 3 rings (SSSR count). The number of esters is 1. The molecule has 1 aliphatic heterocycles. The lowest BCUT2D eigenvalue weighted by Gasteiger charge is -2.26. The molecule has 33 heavy (non-hydrogen) atoms. The van der Waals surface area contributed by atoms with E-state index in [9.17, 15) is 19.6 Å². The summed E-state index contributed by atoms with van der Waals surface area (Å²) in [5.74, 6) is -2.07. The second kappa shape index (κ2) is 10.0. The smallest absolute Gasteiger partial charge is 0.416 e. The minimum absolute atomic E-state index is 0.00884. The van der Waals surface area contributed by atoms with Gasteiger partial charge >= 0.3 is 12.1 Å². The number of ether oxygens (including phenoxy) is 2. The van der Waals surface area contributed by atoms with Crippen molar-refractivity contribution < 1.29 is 28.6 Å². The number of aromatic nitrogens is 1. The third-order valence-corrected chi connectivity index (χ3v) is 5.36. The Bertz CT molecular complexity index is 1020. The summed E-state index contributed by atoms with van der Waals surface area (Å²) < 4.78 is 11.3. The standard InChI is InChI=1S/C25H30N2O6/c1-17-9-8-12-20(27(17)31)14-19(15-22(28)33-25(2,3)4)23(29)26-21(16-32-24(26)30)13-18-10-6-5-7-11-18/h5-12,19,21H,13-16H2,1-4H3/t19-,21-/m1/s1. The molecule has 176 valence electrons. The third kappa shape index (κ3) is 6.31. The average Bonchev–Trinajstić information content (AvgIpc) is 3.09. The van der Waals surface area contributed by atoms with Gasteiger partial charge in [0.1, 0.15) is 12.2 Å². The number of carbonyl (C=O) groups is 3. The van der Waals surface area contributed by atoms with Crippen LogP contribution >= 0.6 is 0 Å². The molecule has 0 saturated carbocycles. The van der Waals surface area contributed by atoms with Gasteiger partial charge in [-0.3, -0.25) is 9.59 Å². The van der Waals surface area contributed by atoms with Crippen LogP contribution in [0.1, 0.15) is 44.1 Å². The second-order valence-electron chi connectivity index (χ2n) is 9.27. The average molecular weight is 455 g/mol. The van der Waals surface area contributed by atoms with E-state index >= 15 is 0 Å². The molecule has 1 aliphatic rings. The first-order valence-electron chi connectivity index (χ1n) is 11.0. The van der Waals surface area contributed by atoms with Crippen LogP contribution in [0.25, 0.3) is 0 Å². The first kappa shape index (κ1) is 24.2. The molecule has 0 spiro atoms. The maximum atomic E-state index is 13.6. The number of hydrogen-bond acceptors (Lipinski definition) is 6. The highest BCUT2D eigenvalue weighted by Crippen LogP contribution is 2.24. The van der Waals surface area contributed by atoms with Gasteiger partial charge in [-0.15, -0.1) is 0 Å². The molecule has 0 radical (unpaired) electrons. The number of nitrogens with zero attached hydrogens (tertiary/aromatic N) is 2. The number of rotatable bonds is 7. The molecule has 0 unspecified atom stereocenters. The molecule has 1 aromatic heterocycles. The maximum absolute atomic E-state index is 13.6. The summed E-state index contributed by atoms with van der Waals surface area (Å²) in [5.41, 5.74) is 1.04. The van der Waals surface area contributed by atoms with E-state index in [1.165, 1.54) is 0 Å². The van der Waals surface area contributed by atoms with Crippen LogP contribution in [0.3, 0.4) is 0 Å². The van der Waals surface area contributed by atoms with Crippen molar-refractivity contribution in [3.8, 4) is 0 Å². The Hall–Kier alpha value is -3.42. The van der Waals surface area contributed by atoms with Gasteiger partial charge in [-0.25, -0.2) is 9.69 Å². The Morgan fingerprint density at radius 2 is 1.88 bits per heavy atom. The number of pyridine rings is 1. The van der Waals surface area contributed by atoms with Crippen LogP contribution in [0.4, 0.5) is 4.79 Å². The minimum Gasteiger partial charge on any atom is -0.618 e. The van der Waals surface area contributed by atoms with Crippen molar-refractivity contribution in [1.82, 2.24) is 4.90 Å². The van der Waals surface area contributed by atoms with E-state index in [-0.39, 0.29) is 19.4 Å². The van der Waals surface area contributed by atoms with Gasteiger partial charge in [0.15, 0.2) is 11.4 Å². The van der Waals surface area contributed by atoms with Crippen molar-refractivity contribution in [2.24, 2.45) is 5.92 Å². The quantitative estimate of drug-likeness (QED) is 0.362. The van der Waals surface area contributed by atoms with E-state index in [0.29, 0.717) is 17.8 Å². The number of aryl methyl sites for hydroxylation is 1. The number of benzene rings is 1. The molecule has 2 atom stereocenters. The predicted octanol–water partition coefficient (Wildman–Crippen LogP) is 3.11. The summed E-state index contributed by atoms with van der Waals surface area (Å²) in [7, 11) is 0. The van der Waals surface area contributed by atoms with Gasteiger partial charge in [0.25, 0.3) is 0 Å². The maximum Gasteiger partial charge on any atom is 0.416 e. The van der Waals surface area contributed by atoms with Crippen molar-refractivity contribution in [1.29, 1.82) is 0 Å². The van der Waals surface area contributed by atoms with E-state index in [4.69, 9.17) is 9.47 Å². The van der Waals surface area contributed by atoms with Gasteiger partial charge < -0.3 is 14.7 Å². The molecule has 1 aromatic carbocycles. The molecule has 1 saturated heterocycles. The highest BCUT2D eigenvalue weighted by Gasteiger charge is 2.42. The van der Waals surface area contributed by atoms with Crippen molar-refractivity contribution in [3.05, 3.63) is 70.7 Å². The van der Waals surface area contributed by atoms with Crippen LogP contribution in [0, 0.1) is 18.0 Å². The highest BCUT2D eigenvalue weighted by molar-refractivity contribution is 5.96. The van der Waals surface area contributed by atoms with Crippen LogP contribution in [0.5, 0.6) is 0 Å². The molecule has 1 fully saturated rings. The highest BCUT2D eigenvalue weighted by atomic mass is 16.6.